The normalized spacial score (nSPS) is 20.3. The van der Waals surface area contributed by atoms with Gasteiger partial charge in [-0.05, 0) is 30.7 Å². The maximum Gasteiger partial charge on any atom is 0.228 e. The van der Waals surface area contributed by atoms with Crippen LogP contribution in [0.25, 0.3) is 0 Å². The number of nitrogens with one attached hydrogen (secondary N) is 1. The van der Waals surface area contributed by atoms with Crippen molar-refractivity contribution in [3.63, 3.8) is 0 Å². The third kappa shape index (κ3) is 3.79. The van der Waals surface area contributed by atoms with Gasteiger partial charge in [0.2, 0.25) is 5.91 Å². The molecular weight excluding hydrogens is 321 g/mol. The lowest BCUT2D eigenvalue weighted by Gasteiger charge is -2.07. The number of sulfone groups is 1. The summed E-state index contributed by atoms with van der Waals surface area (Å²) < 4.78 is 41.6. The number of hydrogen-bond acceptors (Lipinski definition) is 4. The lowest BCUT2D eigenvalue weighted by molar-refractivity contribution is -0.117. The average Bonchev–Trinajstić information content (AvgIpc) is 3.07. The van der Waals surface area contributed by atoms with E-state index >= 15 is 0 Å². The molecule has 0 unspecified atom stereocenters. The van der Waals surface area contributed by atoms with Gasteiger partial charge in [0.25, 0.3) is 0 Å². The first-order chi connectivity index (χ1) is 10.8. The molecule has 0 saturated heterocycles. The minimum atomic E-state index is -3.31. The van der Waals surface area contributed by atoms with Gasteiger partial charge < -0.3 is 9.73 Å². The molecule has 0 aliphatic heterocycles. The van der Waals surface area contributed by atoms with E-state index in [-0.39, 0.29) is 29.1 Å². The standard InChI is InChI=1S/C16H16FNO4S/c1-23(20,21)9-10-4-5-11(7-14(10)17)18-16(19)13-8-12(13)15-3-2-6-22-15/h2-7,12-13H,8-9H2,1H3,(H,18,19)/t12-,13-/m0/s1. The monoisotopic (exact) mass is 337 g/mol. The highest BCUT2D eigenvalue weighted by Crippen LogP contribution is 2.48. The third-order valence-corrected chi connectivity index (χ3v) is 4.61. The van der Waals surface area contributed by atoms with Crippen molar-refractivity contribution in [1.29, 1.82) is 0 Å². The van der Waals surface area contributed by atoms with E-state index in [0.29, 0.717) is 12.1 Å². The van der Waals surface area contributed by atoms with Crippen LogP contribution in [-0.2, 0) is 20.4 Å². The summed E-state index contributed by atoms with van der Waals surface area (Å²) in [5.74, 6) is -0.539. The molecule has 5 nitrogen and oxygen atoms in total. The Kier molecular flexibility index (Phi) is 3.97. The average molecular weight is 337 g/mol. The smallest absolute Gasteiger partial charge is 0.228 e. The van der Waals surface area contributed by atoms with Gasteiger partial charge in [0.1, 0.15) is 11.6 Å². The van der Waals surface area contributed by atoms with E-state index in [1.54, 1.807) is 12.3 Å². The lowest BCUT2D eigenvalue weighted by Crippen LogP contribution is -2.15. The molecule has 1 N–H and O–H groups in total. The minimum Gasteiger partial charge on any atom is -0.469 e. The number of benzene rings is 1. The van der Waals surface area contributed by atoms with E-state index in [1.165, 1.54) is 12.1 Å². The molecule has 1 saturated carbocycles. The fraction of sp³-hybridized carbons (Fsp3) is 0.312. The van der Waals surface area contributed by atoms with Crippen LogP contribution in [-0.4, -0.2) is 20.6 Å². The third-order valence-electron chi connectivity index (χ3n) is 3.77. The zero-order chi connectivity index (χ0) is 16.6. The largest absolute Gasteiger partial charge is 0.469 e. The van der Waals surface area contributed by atoms with Gasteiger partial charge in [-0.15, -0.1) is 0 Å². The molecule has 122 valence electrons. The molecule has 1 aliphatic rings. The van der Waals surface area contributed by atoms with Gasteiger partial charge in [-0.3, -0.25) is 4.79 Å². The Morgan fingerprint density at radius 3 is 2.78 bits per heavy atom. The summed E-state index contributed by atoms with van der Waals surface area (Å²) in [6, 6.07) is 7.63. The molecule has 3 rings (SSSR count). The van der Waals surface area contributed by atoms with Crippen LogP contribution in [0.2, 0.25) is 0 Å². The maximum atomic E-state index is 13.9. The Hall–Kier alpha value is -2.15. The van der Waals surface area contributed by atoms with Crippen LogP contribution < -0.4 is 5.32 Å². The predicted octanol–water partition coefficient (Wildman–Crippen LogP) is 2.71. The molecule has 1 aromatic heterocycles. The molecule has 1 aliphatic carbocycles. The van der Waals surface area contributed by atoms with Crippen molar-refractivity contribution in [2.24, 2.45) is 5.92 Å². The van der Waals surface area contributed by atoms with Gasteiger partial charge in [-0.25, -0.2) is 12.8 Å². The van der Waals surface area contributed by atoms with E-state index in [0.717, 1.165) is 18.1 Å². The van der Waals surface area contributed by atoms with Crippen molar-refractivity contribution >= 4 is 21.4 Å². The molecule has 1 fully saturated rings. The van der Waals surface area contributed by atoms with Crippen LogP contribution in [0.15, 0.2) is 41.0 Å². The van der Waals surface area contributed by atoms with Crippen molar-refractivity contribution in [3.05, 3.63) is 53.7 Å². The highest BCUT2D eigenvalue weighted by Gasteiger charge is 2.45. The summed E-state index contributed by atoms with van der Waals surface area (Å²) >= 11 is 0. The molecule has 0 spiro atoms. The number of carbonyl (C=O) groups is 1. The summed E-state index contributed by atoms with van der Waals surface area (Å²) in [4.78, 5) is 12.1. The zero-order valence-electron chi connectivity index (χ0n) is 12.5. The Balaban J connectivity index is 1.65. The van der Waals surface area contributed by atoms with Gasteiger partial charge in [-0.2, -0.15) is 0 Å². The van der Waals surface area contributed by atoms with E-state index in [9.17, 15) is 17.6 Å². The van der Waals surface area contributed by atoms with Crippen molar-refractivity contribution in [3.8, 4) is 0 Å². The van der Waals surface area contributed by atoms with Gasteiger partial charge in [0.05, 0.1) is 12.0 Å². The molecule has 2 aromatic rings. The number of hydrogen-bond donors (Lipinski definition) is 1. The number of rotatable bonds is 5. The summed E-state index contributed by atoms with van der Waals surface area (Å²) in [5.41, 5.74) is 0.403. The first kappa shape index (κ1) is 15.7. The predicted molar refractivity (Wildman–Crippen MR) is 83.1 cm³/mol. The molecule has 23 heavy (non-hydrogen) atoms. The van der Waals surface area contributed by atoms with E-state index in [1.807, 2.05) is 6.07 Å². The number of amides is 1. The van der Waals surface area contributed by atoms with Crippen LogP contribution in [0.1, 0.15) is 23.7 Å². The zero-order valence-corrected chi connectivity index (χ0v) is 13.3. The van der Waals surface area contributed by atoms with Gasteiger partial charge in [-0.1, -0.05) is 6.07 Å². The highest BCUT2D eigenvalue weighted by atomic mass is 32.2. The SMILES string of the molecule is CS(=O)(=O)Cc1ccc(NC(=O)[C@H]2C[C@@H]2c2ccco2)cc1F. The van der Waals surface area contributed by atoms with Crippen molar-refractivity contribution < 1.29 is 22.0 Å². The Labute approximate surface area is 133 Å². The minimum absolute atomic E-state index is 0.0688. The number of anilines is 1. The Bertz CT molecular complexity index is 830. The summed E-state index contributed by atoms with van der Waals surface area (Å²) in [7, 11) is -3.31. The van der Waals surface area contributed by atoms with Crippen LogP contribution >= 0.6 is 0 Å². The summed E-state index contributed by atoms with van der Waals surface area (Å²) in [6.45, 7) is 0. The molecule has 0 radical (unpaired) electrons. The van der Waals surface area contributed by atoms with Crippen molar-refractivity contribution in [1.82, 2.24) is 0 Å². The number of halogens is 1. The molecule has 0 bridgehead atoms. The van der Waals surface area contributed by atoms with Gasteiger partial charge in [0, 0.05) is 29.3 Å². The van der Waals surface area contributed by atoms with E-state index in [2.05, 4.69) is 5.32 Å². The summed E-state index contributed by atoms with van der Waals surface area (Å²) in [5, 5.41) is 2.66. The molecule has 1 aromatic carbocycles. The molecule has 7 heteroatoms. The first-order valence-corrected chi connectivity index (χ1v) is 9.20. The van der Waals surface area contributed by atoms with Crippen molar-refractivity contribution in [2.45, 2.75) is 18.1 Å². The van der Waals surface area contributed by atoms with Gasteiger partial charge >= 0.3 is 0 Å². The molecular formula is C16H16FNO4S. The quantitative estimate of drug-likeness (QED) is 0.910. The summed E-state index contributed by atoms with van der Waals surface area (Å²) in [6.07, 6.45) is 3.32. The Morgan fingerprint density at radius 2 is 2.17 bits per heavy atom. The van der Waals surface area contributed by atoms with E-state index in [4.69, 9.17) is 4.42 Å². The van der Waals surface area contributed by atoms with Crippen LogP contribution in [0.5, 0.6) is 0 Å². The second-order valence-electron chi connectivity index (χ2n) is 5.83. The fourth-order valence-corrected chi connectivity index (χ4v) is 3.36. The number of carbonyl (C=O) groups excluding carboxylic acids is 1. The second-order valence-corrected chi connectivity index (χ2v) is 7.97. The van der Waals surface area contributed by atoms with E-state index < -0.39 is 15.7 Å². The van der Waals surface area contributed by atoms with Crippen LogP contribution in [0.3, 0.4) is 0 Å². The molecule has 2 atom stereocenters. The molecule has 1 amide bonds. The highest BCUT2D eigenvalue weighted by molar-refractivity contribution is 7.89. The Morgan fingerprint density at radius 1 is 1.39 bits per heavy atom. The van der Waals surface area contributed by atoms with Crippen LogP contribution in [0.4, 0.5) is 10.1 Å². The topological polar surface area (TPSA) is 76.4 Å². The number of furan rings is 1. The second kappa shape index (κ2) is 5.81. The fourth-order valence-electron chi connectivity index (χ4n) is 2.56. The lowest BCUT2D eigenvalue weighted by atomic mass is 10.2. The first-order valence-electron chi connectivity index (χ1n) is 7.14. The van der Waals surface area contributed by atoms with Crippen molar-refractivity contribution in [2.75, 3.05) is 11.6 Å². The van der Waals surface area contributed by atoms with Crippen LogP contribution in [0, 0.1) is 11.7 Å². The van der Waals surface area contributed by atoms with Gasteiger partial charge in [0.15, 0.2) is 9.84 Å². The maximum absolute atomic E-state index is 13.9. The molecule has 1 heterocycles.